The van der Waals surface area contributed by atoms with Gasteiger partial charge in [0.25, 0.3) is 0 Å². The molecule has 1 atom stereocenters. The standard InChI is InChI=1S/C64H124O6/c1-4-7-10-13-16-18-20-22-23-24-25-26-27-28-29-30-31-32-33-34-35-36-37-38-39-40-41-42-43-45-46-48-51-54-57-63(66)69-60-61(59-68-62(65)56-53-50-15-12-9-6-3)70-64(67)58-55-52-49-47-44-21-19-17-14-11-8-5-2/h61H,4-60H2,1-3H3. The Kier molecular flexibility index (Phi) is 58.6. The molecule has 0 N–H and O–H groups in total. The normalized spacial score (nSPS) is 11.9. The lowest BCUT2D eigenvalue weighted by Crippen LogP contribution is -2.30. The molecule has 0 aliphatic heterocycles. The van der Waals surface area contributed by atoms with Gasteiger partial charge in [0.1, 0.15) is 13.2 Å². The van der Waals surface area contributed by atoms with Crippen LogP contribution in [0.4, 0.5) is 0 Å². The number of hydrogen-bond acceptors (Lipinski definition) is 6. The maximum absolute atomic E-state index is 12.7. The minimum absolute atomic E-state index is 0.0625. The highest BCUT2D eigenvalue weighted by Gasteiger charge is 2.19. The van der Waals surface area contributed by atoms with E-state index >= 15 is 0 Å². The quantitative estimate of drug-likeness (QED) is 0.0343. The molecule has 0 fully saturated rings. The predicted octanol–water partition coefficient (Wildman–Crippen LogP) is 21.5. The Bertz CT molecular complexity index is 1040. The van der Waals surface area contributed by atoms with Crippen LogP contribution in [0.5, 0.6) is 0 Å². The summed E-state index contributed by atoms with van der Waals surface area (Å²) in [6, 6.07) is 0. The Labute approximate surface area is 438 Å². The summed E-state index contributed by atoms with van der Waals surface area (Å²) in [5.74, 6) is -0.849. The fourth-order valence-electron chi connectivity index (χ4n) is 10.0. The molecular formula is C64H124O6. The summed E-state index contributed by atoms with van der Waals surface area (Å²) in [4.78, 5) is 37.8. The molecule has 0 spiro atoms. The SMILES string of the molecule is CCCCCCCCCCCCCCCCCCCCCCCCCCCCCCCCCCCCC(=O)OCC(COC(=O)CCCCCCCC)OC(=O)CCCCCCCCCCCCCC. The number of unbranched alkanes of at least 4 members (excludes halogenated alkanes) is 49. The largest absolute Gasteiger partial charge is 0.462 e. The molecular weight excluding hydrogens is 865 g/mol. The van der Waals surface area contributed by atoms with Crippen LogP contribution in [0.3, 0.4) is 0 Å². The van der Waals surface area contributed by atoms with Crippen molar-refractivity contribution in [2.45, 2.75) is 380 Å². The first-order valence-electron chi connectivity index (χ1n) is 32.0. The molecule has 0 rings (SSSR count). The van der Waals surface area contributed by atoms with E-state index in [4.69, 9.17) is 14.2 Å². The fourth-order valence-corrected chi connectivity index (χ4v) is 10.0. The van der Waals surface area contributed by atoms with E-state index < -0.39 is 6.10 Å². The van der Waals surface area contributed by atoms with Crippen LogP contribution in [0.2, 0.25) is 0 Å². The average Bonchev–Trinajstić information content (AvgIpc) is 3.36. The van der Waals surface area contributed by atoms with E-state index in [2.05, 4.69) is 20.8 Å². The summed E-state index contributed by atoms with van der Waals surface area (Å²) in [5, 5.41) is 0. The van der Waals surface area contributed by atoms with E-state index in [-0.39, 0.29) is 31.1 Å². The Morgan fingerprint density at radius 2 is 0.386 bits per heavy atom. The highest BCUT2D eigenvalue weighted by molar-refractivity contribution is 5.71. The van der Waals surface area contributed by atoms with Crippen molar-refractivity contribution in [1.82, 2.24) is 0 Å². The van der Waals surface area contributed by atoms with E-state index in [0.29, 0.717) is 19.3 Å². The van der Waals surface area contributed by atoms with Crippen LogP contribution >= 0.6 is 0 Å². The molecule has 1 unspecified atom stereocenters. The molecule has 0 amide bonds. The second-order valence-corrected chi connectivity index (χ2v) is 22.1. The van der Waals surface area contributed by atoms with Crippen LogP contribution in [-0.4, -0.2) is 37.2 Å². The fraction of sp³-hybridized carbons (Fsp3) is 0.953. The topological polar surface area (TPSA) is 78.9 Å². The smallest absolute Gasteiger partial charge is 0.306 e. The first-order chi connectivity index (χ1) is 34.5. The summed E-state index contributed by atoms with van der Waals surface area (Å²) in [5.41, 5.74) is 0. The third-order valence-corrected chi connectivity index (χ3v) is 14.9. The summed E-state index contributed by atoms with van der Waals surface area (Å²) < 4.78 is 16.8. The van der Waals surface area contributed by atoms with E-state index in [0.717, 1.165) is 57.8 Å². The van der Waals surface area contributed by atoms with Crippen molar-refractivity contribution in [3.8, 4) is 0 Å². The number of carbonyl (C=O) groups excluding carboxylic acids is 3. The van der Waals surface area contributed by atoms with Crippen molar-refractivity contribution in [3.05, 3.63) is 0 Å². The van der Waals surface area contributed by atoms with Crippen LogP contribution in [0, 0.1) is 0 Å². The molecule has 0 saturated heterocycles. The van der Waals surface area contributed by atoms with Gasteiger partial charge in [-0.3, -0.25) is 14.4 Å². The molecule has 0 aliphatic carbocycles. The summed E-state index contributed by atoms with van der Waals surface area (Å²) in [6.07, 6.45) is 69.0. The zero-order valence-corrected chi connectivity index (χ0v) is 47.8. The van der Waals surface area contributed by atoms with E-state index in [1.54, 1.807) is 0 Å². The lowest BCUT2D eigenvalue weighted by atomic mass is 10.0. The minimum Gasteiger partial charge on any atom is -0.462 e. The second kappa shape index (κ2) is 60.0. The summed E-state index contributed by atoms with van der Waals surface area (Å²) in [7, 11) is 0. The monoisotopic (exact) mass is 989 g/mol. The molecule has 0 bridgehead atoms. The molecule has 0 aromatic rings. The predicted molar refractivity (Wildman–Crippen MR) is 303 cm³/mol. The van der Waals surface area contributed by atoms with E-state index in [1.807, 2.05) is 0 Å². The lowest BCUT2D eigenvalue weighted by Gasteiger charge is -2.18. The van der Waals surface area contributed by atoms with Crippen molar-refractivity contribution in [2.75, 3.05) is 13.2 Å². The number of esters is 3. The number of rotatable bonds is 60. The lowest BCUT2D eigenvalue weighted by molar-refractivity contribution is -0.167. The van der Waals surface area contributed by atoms with Crippen LogP contribution in [-0.2, 0) is 28.6 Å². The van der Waals surface area contributed by atoms with Gasteiger partial charge >= 0.3 is 17.9 Å². The molecule has 0 heterocycles. The Hall–Kier alpha value is -1.59. The van der Waals surface area contributed by atoms with E-state index in [1.165, 1.54) is 276 Å². The van der Waals surface area contributed by atoms with Gasteiger partial charge in [-0.1, -0.05) is 335 Å². The van der Waals surface area contributed by atoms with Crippen LogP contribution in [0.15, 0.2) is 0 Å². The molecule has 0 radical (unpaired) electrons. The van der Waals surface area contributed by atoms with Crippen molar-refractivity contribution in [3.63, 3.8) is 0 Å². The van der Waals surface area contributed by atoms with Crippen molar-refractivity contribution < 1.29 is 28.6 Å². The Morgan fingerprint density at radius 3 is 0.571 bits per heavy atom. The van der Waals surface area contributed by atoms with Crippen molar-refractivity contribution in [2.24, 2.45) is 0 Å². The maximum atomic E-state index is 12.7. The number of hydrogen-bond donors (Lipinski definition) is 0. The Balaban J connectivity index is 3.81. The van der Waals surface area contributed by atoms with Gasteiger partial charge in [0.2, 0.25) is 0 Å². The van der Waals surface area contributed by atoms with E-state index in [9.17, 15) is 14.4 Å². The number of ether oxygens (including phenoxy) is 3. The average molecular weight is 990 g/mol. The van der Waals surface area contributed by atoms with Crippen molar-refractivity contribution >= 4 is 17.9 Å². The van der Waals surface area contributed by atoms with Gasteiger partial charge in [0.15, 0.2) is 6.10 Å². The molecule has 70 heavy (non-hydrogen) atoms. The van der Waals surface area contributed by atoms with Gasteiger partial charge < -0.3 is 14.2 Å². The summed E-state index contributed by atoms with van der Waals surface area (Å²) >= 11 is 0. The van der Waals surface area contributed by atoms with Crippen LogP contribution < -0.4 is 0 Å². The zero-order chi connectivity index (χ0) is 50.7. The molecule has 6 heteroatoms. The van der Waals surface area contributed by atoms with Gasteiger partial charge in [-0.05, 0) is 19.3 Å². The molecule has 0 aromatic heterocycles. The maximum Gasteiger partial charge on any atom is 0.306 e. The third-order valence-electron chi connectivity index (χ3n) is 14.9. The first kappa shape index (κ1) is 68.4. The minimum atomic E-state index is -0.759. The van der Waals surface area contributed by atoms with Gasteiger partial charge in [-0.15, -0.1) is 0 Å². The zero-order valence-electron chi connectivity index (χ0n) is 47.8. The first-order valence-corrected chi connectivity index (χ1v) is 32.0. The second-order valence-electron chi connectivity index (χ2n) is 22.1. The van der Waals surface area contributed by atoms with Crippen LogP contribution in [0.1, 0.15) is 374 Å². The highest BCUT2D eigenvalue weighted by Crippen LogP contribution is 2.19. The Morgan fingerprint density at radius 1 is 0.229 bits per heavy atom. The third kappa shape index (κ3) is 57.3. The van der Waals surface area contributed by atoms with Crippen LogP contribution in [0.25, 0.3) is 0 Å². The van der Waals surface area contributed by atoms with Gasteiger partial charge in [0.05, 0.1) is 0 Å². The number of carbonyl (C=O) groups is 3. The van der Waals surface area contributed by atoms with Gasteiger partial charge in [-0.25, -0.2) is 0 Å². The van der Waals surface area contributed by atoms with Gasteiger partial charge in [0, 0.05) is 19.3 Å². The molecule has 0 aromatic carbocycles. The molecule has 0 aliphatic rings. The summed E-state index contributed by atoms with van der Waals surface area (Å²) in [6.45, 7) is 6.64. The molecule has 0 saturated carbocycles. The molecule has 6 nitrogen and oxygen atoms in total. The highest BCUT2D eigenvalue weighted by atomic mass is 16.6. The molecule has 416 valence electrons. The van der Waals surface area contributed by atoms with Gasteiger partial charge in [-0.2, -0.15) is 0 Å². The van der Waals surface area contributed by atoms with Crippen molar-refractivity contribution in [1.29, 1.82) is 0 Å².